The van der Waals surface area contributed by atoms with Gasteiger partial charge in [-0.3, -0.25) is 19.9 Å². The van der Waals surface area contributed by atoms with Crippen LogP contribution >= 0.6 is 0 Å². The molecule has 1 aliphatic heterocycles. The third kappa shape index (κ3) is 6.76. The summed E-state index contributed by atoms with van der Waals surface area (Å²) in [5, 5.41) is 3.38. The first-order chi connectivity index (χ1) is 19.0. The number of hydrogen-bond donors (Lipinski definition) is 1. The molecule has 39 heavy (non-hydrogen) atoms. The van der Waals surface area contributed by atoms with Crippen LogP contribution in [0.1, 0.15) is 54.5 Å². The van der Waals surface area contributed by atoms with E-state index in [1.54, 1.807) is 25.4 Å². The molecule has 1 aliphatic carbocycles. The van der Waals surface area contributed by atoms with Gasteiger partial charge in [0.2, 0.25) is 0 Å². The van der Waals surface area contributed by atoms with E-state index in [0.29, 0.717) is 6.42 Å². The van der Waals surface area contributed by atoms with Crippen LogP contribution in [0.15, 0.2) is 102 Å². The first kappa shape index (κ1) is 26.7. The summed E-state index contributed by atoms with van der Waals surface area (Å²) in [6.45, 7) is 9.76. The summed E-state index contributed by atoms with van der Waals surface area (Å²) in [5.41, 5.74) is 8.95. The van der Waals surface area contributed by atoms with Crippen molar-refractivity contribution in [3.8, 4) is 0 Å². The van der Waals surface area contributed by atoms with Crippen molar-refractivity contribution in [1.82, 2.24) is 14.9 Å². The molecule has 3 heterocycles. The monoisotopic (exact) mass is 521 g/mol. The topological polar surface area (TPSA) is 53.4 Å². The highest BCUT2D eigenvalue weighted by Crippen LogP contribution is 2.33. The Morgan fingerprint density at radius 1 is 1.10 bits per heavy atom. The van der Waals surface area contributed by atoms with Crippen LogP contribution in [0.2, 0.25) is 0 Å². The summed E-state index contributed by atoms with van der Waals surface area (Å²) >= 11 is 0. The number of pyridine rings is 2. The van der Waals surface area contributed by atoms with Gasteiger partial charge in [-0.15, -0.1) is 0 Å². The molecule has 0 spiro atoms. The average Bonchev–Trinajstić information content (AvgIpc) is 3.44. The van der Waals surface area contributed by atoms with Crippen molar-refractivity contribution in [3.05, 3.63) is 125 Å². The van der Waals surface area contributed by atoms with E-state index in [1.165, 1.54) is 48.7 Å². The molecule has 5 rings (SSSR count). The van der Waals surface area contributed by atoms with Crippen molar-refractivity contribution in [3.63, 3.8) is 0 Å². The zero-order valence-electron chi connectivity index (χ0n) is 22.8. The summed E-state index contributed by atoms with van der Waals surface area (Å²) in [4.78, 5) is 16.3. The lowest BCUT2D eigenvalue weighted by Gasteiger charge is -2.23. The molecule has 1 N–H and O–H groups in total. The van der Waals surface area contributed by atoms with Gasteiger partial charge in [-0.25, -0.2) is 4.39 Å². The molecule has 1 aromatic carbocycles. The van der Waals surface area contributed by atoms with E-state index in [-0.39, 0.29) is 11.7 Å². The molecule has 1 atom stereocenters. The van der Waals surface area contributed by atoms with Gasteiger partial charge in [-0.1, -0.05) is 36.9 Å². The van der Waals surface area contributed by atoms with Crippen molar-refractivity contribution < 1.29 is 4.39 Å². The lowest BCUT2D eigenvalue weighted by Crippen LogP contribution is -2.19. The van der Waals surface area contributed by atoms with Crippen LogP contribution in [-0.4, -0.2) is 40.7 Å². The van der Waals surface area contributed by atoms with E-state index in [9.17, 15) is 4.39 Å². The fourth-order valence-electron chi connectivity index (χ4n) is 5.42. The number of benzene rings is 1. The van der Waals surface area contributed by atoms with Crippen LogP contribution in [0.4, 0.5) is 10.1 Å². The van der Waals surface area contributed by atoms with Crippen LogP contribution in [-0.2, 0) is 13.0 Å². The van der Waals surface area contributed by atoms with Crippen LogP contribution in [0, 0.1) is 5.82 Å². The van der Waals surface area contributed by atoms with Gasteiger partial charge in [0.15, 0.2) is 0 Å². The van der Waals surface area contributed by atoms with E-state index in [1.807, 2.05) is 30.6 Å². The van der Waals surface area contributed by atoms with Crippen molar-refractivity contribution >= 4 is 11.4 Å². The van der Waals surface area contributed by atoms with E-state index in [2.05, 4.69) is 56.9 Å². The third-order valence-electron chi connectivity index (χ3n) is 7.48. The number of aliphatic imine (C=N–C) groups is 1. The first-order valence-corrected chi connectivity index (χ1v) is 13.7. The van der Waals surface area contributed by atoms with Crippen molar-refractivity contribution in [2.24, 2.45) is 4.99 Å². The molecule has 3 aromatic rings. The first-order valence-electron chi connectivity index (χ1n) is 13.7. The van der Waals surface area contributed by atoms with Gasteiger partial charge in [0.05, 0.1) is 23.3 Å². The highest BCUT2D eigenvalue weighted by molar-refractivity contribution is 6.16. The summed E-state index contributed by atoms with van der Waals surface area (Å²) in [5.74, 6) is 0.00571. The molecule has 0 amide bonds. The number of rotatable bonds is 9. The third-order valence-corrected chi connectivity index (χ3v) is 7.48. The molecule has 1 saturated heterocycles. The Hall–Kier alpha value is -3.90. The predicted molar refractivity (Wildman–Crippen MR) is 158 cm³/mol. The molecule has 1 fully saturated rings. The van der Waals surface area contributed by atoms with Gasteiger partial charge in [-0.2, -0.15) is 0 Å². The molecule has 0 saturated carbocycles. The maximum absolute atomic E-state index is 13.5. The fraction of sp³-hybridized carbons (Fsp3) is 0.303. The molecule has 2 aromatic heterocycles. The van der Waals surface area contributed by atoms with Crippen molar-refractivity contribution in [2.75, 3.05) is 25.5 Å². The van der Waals surface area contributed by atoms with E-state index >= 15 is 0 Å². The number of hydrogen-bond acceptors (Lipinski definition) is 5. The Kier molecular flexibility index (Phi) is 8.42. The predicted octanol–water partition coefficient (Wildman–Crippen LogP) is 6.86. The number of aromatic nitrogens is 2. The Bertz CT molecular complexity index is 1410. The summed E-state index contributed by atoms with van der Waals surface area (Å²) < 4.78 is 13.5. The summed E-state index contributed by atoms with van der Waals surface area (Å²) in [6, 6.07) is 12.9. The van der Waals surface area contributed by atoms with Gasteiger partial charge >= 0.3 is 0 Å². The molecule has 2 aliphatic rings. The lowest BCUT2D eigenvalue weighted by molar-refractivity contribution is 0.331. The molecule has 1 unspecified atom stereocenters. The maximum Gasteiger partial charge on any atom is 0.123 e. The Morgan fingerprint density at radius 3 is 2.69 bits per heavy atom. The molecule has 0 radical (unpaired) electrons. The van der Waals surface area contributed by atoms with Gasteiger partial charge in [0, 0.05) is 49.6 Å². The number of nitrogens with one attached hydrogen (secondary N) is 1. The Labute approximate surface area is 230 Å². The molecule has 5 nitrogen and oxygen atoms in total. The van der Waals surface area contributed by atoms with Crippen molar-refractivity contribution in [1.29, 1.82) is 0 Å². The van der Waals surface area contributed by atoms with Crippen LogP contribution in [0.3, 0.4) is 0 Å². The van der Waals surface area contributed by atoms with Gasteiger partial charge in [-0.05, 0) is 85.8 Å². The molecular formula is C33H36FN5. The Morgan fingerprint density at radius 2 is 1.95 bits per heavy atom. The number of nitrogens with zero attached hydrogens (tertiary/aromatic N) is 4. The zero-order valence-corrected chi connectivity index (χ0v) is 22.8. The minimum Gasteiger partial charge on any atom is -0.353 e. The van der Waals surface area contributed by atoms with Crippen LogP contribution in [0.25, 0.3) is 0 Å². The second-order valence-corrected chi connectivity index (χ2v) is 10.4. The normalized spacial score (nSPS) is 18.0. The lowest BCUT2D eigenvalue weighted by atomic mass is 9.84. The zero-order chi connectivity index (χ0) is 27.2. The van der Waals surface area contributed by atoms with E-state index < -0.39 is 0 Å². The van der Waals surface area contributed by atoms with Crippen molar-refractivity contribution in [2.45, 2.75) is 45.1 Å². The van der Waals surface area contributed by atoms with Crippen LogP contribution < -0.4 is 5.32 Å². The van der Waals surface area contributed by atoms with Gasteiger partial charge in [0.1, 0.15) is 5.82 Å². The second-order valence-electron chi connectivity index (χ2n) is 10.4. The summed E-state index contributed by atoms with van der Waals surface area (Å²) in [7, 11) is 1.80. The van der Waals surface area contributed by atoms with E-state index in [0.717, 1.165) is 46.9 Å². The molecule has 6 heteroatoms. The fourth-order valence-corrected chi connectivity index (χ4v) is 5.42. The maximum atomic E-state index is 13.5. The van der Waals surface area contributed by atoms with Gasteiger partial charge in [0.25, 0.3) is 0 Å². The molecular weight excluding hydrogens is 485 g/mol. The quantitative estimate of drug-likeness (QED) is 0.313. The smallest absolute Gasteiger partial charge is 0.123 e. The van der Waals surface area contributed by atoms with E-state index in [4.69, 9.17) is 0 Å². The average molecular weight is 522 g/mol. The number of anilines is 1. The number of halogens is 1. The Balaban J connectivity index is 1.27. The minimum atomic E-state index is -0.233. The SMILES string of the molecule is C=C(Nc1ccc(Cc2cccc(F)c2)nc1)C(=NC)C1=CC(c2cncc(CN3CCCC3)c2)CC=C1C. The molecule has 0 bridgehead atoms. The highest BCUT2D eigenvalue weighted by Gasteiger charge is 2.21. The van der Waals surface area contributed by atoms with Crippen LogP contribution in [0.5, 0.6) is 0 Å². The number of allylic oxidation sites excluding steroid dienone is 4. The minimum absolute atomic E-state index is 0.233. The highest BCUT2D eigenvalue weighted by atomic mass is 19.1. The largest absolute Gasteiger partial charge is 0.353 e. The second kappa shape index (κ2) is 12.3. The molecule has 200 valence electrons. The summed E-state index contributed by atoms with van der Waals surface area (Å²) in [6.07, 6.45) is 14.5. The van der Waals surface area contributed by atoms with Gasteiger partial charge < -0.3 is 5.32 Å². The number of likely N-dealkylation sites (tertiary alicyclic amines) is 1. The standard InChI is InChI=1S/C33H36FN5/c1-23-9-10-27(28-15-26(19-36-20-28)22-39-13-4-5-14-39)18-32(23)33(35-3)24(2)38-31-12-11-30(37-21-31)17-25-7-6-8-29(34)16-25/h6-9,11-12,15-16,18-21,27,38H,2,4-5,10,13-14,17,22H2,1,3H3.